The van der Waals surface area contributed by atoms with Crippen molar-refractivity contribution in [3.8, 4) is 0 Å². The molecule has 3 fully saturated rings. The molecule has 6 atom stereocenters. The van der Waals surface area contributed by atoms with Crippen LogP contribution in [0.15, 0.2) is 0 Å². The first-order chi connectivity index (χ1) is 9.88. The predicted octanol–water partition coefficient (Wildman–Crippen LogP) is 0.194. The van der Waals surface area contributed by atoms with Crippen molar-refractivity contribution < 1.29 is 34.0 Å². The summed E-state index contributed by atoms with van der Waals surface area (Å²) in [6.07, 6.45) is 0.0508. The number of carboxylic acids is 1. The molecule has 3 heterocycles. The third-order valence-corrected chi connectivity index (χ3v) is 4.33. The molecule has 2 unspecified atom stereocenters. The van der Waals surface area contributed by atoms with Crippen molar-refractivity contribution in [2.45, 2.75) is 51.1 Å². The first-order valence-corrected chi connectivity index (χ1v) is 7.21. The van der Waals surface area contributed by atoms with E-state index < -0.39 is 12.1 Å². The maximum absolute atomic E-state index is 10.7. The maximum Gasteiger partial charge on any atom is 0.306 e. The quantitative estimate of drug-likeness (QED) is 0.702. The van der Waals surface area contributed by atoms with Gasteiger partial charge in [0.05, 0.1) is 44.4 Å². The smallest absolute Gasteiger partial charge is 0.306 e. The number of esters is 1. The molecule has 0 bridgehead atoms. The Morgan fingerprint density at radius 3 is 2.43 bits per heavy atom. The molecular weight excluding hydrogens is 280 g/mol. The van der Waals surface area contributed by atoms with Crippen molar-refractivity contribution in [1.29, 1.82) is 0 Å². The summed E-state index contributed by atoms with van der Waals surface area (Å²) in [6.45, 7) is 4.63. The maximum atomic E-state index is 10.7. The van der Waals surface area contributed by atoms with Gasteiger partial charge in [0.2, 0.25) is 0 Å². The first-order valence-electron chi connectivity index (χ1n) is 7.21. The summed E-state index contributed by atoms with van der Waals surface area (Å²) < 4.78 is 15.3. The Kier molecular flexibility index (Phi) is 5.18. The van der Waals surface area contributed by atoms with Gasteiger partial charge >= 0.3 is 11.9 Å². The highest BCUT2D eigenvalue weighted by Crippen LogP contribution is 2.32. The van der Waals surface area contributed by atoms with Gasteiger partial charge in [0.25, 0.3) is 0 Å². The minimum absolute atomic E-state index is 0.0116. The summed E-state index contributed by atoms with van der Waals surface area (Å²) in [7, 11) is 0. The van der Waals surface area contributed by atoms with Gasteiger partial charge in [-0.2, -0.15) is 0 Å². The highest BCUT2D eigenvalue weighted by Gasteiger charge is 2.43. The van der Waals surface area contributed by atoms with Crippen molar-refractivity contribution in [2.75, 3.05) is 13.2 Å². The van der Waals surface area contributed by atoms with Crippen LogP contribution in [0, 0.1) is 11.8 Å². The lowest BCUT2D eigenvalue weighted by Gasteiger charge is -2.13. The lowest BCUT2D eigenvalue weighted by Crippen LogP contribution is -2.24. The third-order valence-electron chi connectivity index (χ3n) is 4.33. The number of hydrogen-bond acceptors (Lipinski definition) is 6. The fourth-order valence-electron chi connectivity index (χ4n) is 2.94. The number of carbonyl (C=O) groups is 2. The van der Waals surface area contributed by atoms with Gasteiger partial charge in [0, 0.05) is 11.8 Å². The number of aliphatic hydroxyl groups is 1. The molecule has 3 aliphatic rings. The zero-order chi connectivity index (χ0) is 15.6. The first kappa shape index (κ1) is 16.2. The molecule has 0 aliphatic carbocycles. The molecule has 3 aliphatic heterocycles. The Balaban J connectivity index is 0.000000154. The van der Waals surface area contributed by atoms with Crippen molar-refractivity contribution >= 4 is 11.9 Å². The number of aliphatic hydroxyl groups excluding tert-OH is 1. The second kappa shape index (κ2) is 6.72. The second-order valence-electron chi connectivity index (χ2n) is 5.80. The molecule has 0 radical (unpaired) electrons. The Morgan fingerprint density at radius 2 is 1.90 bits per heavy atom. The van der Waals surface area contributed by atoms with E-state index in [1.807, 2.05) is 6.92 Å². The molecule has 3 rings (SSSR count). The third kappa shape index (κ3) is 3.93. The molecule has 3 saturated heterocycles. The molecule has 0 saturated carbocycles. The van der Waals surface area contributed by atoms with Crippen LogP contribution in [0.5, 0.6) is 0 Å². The molecule has 0 amide bonds. The lowest BCUT2D eigenvalue weighted by molar-refractivity contribution is -0.142. The van der Waals surface area contributed by atoms with E-state index in [1.165, 1.54) is 0 Å². The van der Waals surface area contributed by atoms with E-state index in [9.17, 15) is 14.7 Å². The molecule has 0 spiro atoms. The molecule has 120 valence electrons. The van der Waals surface area contributed by atoms with E-state index in [4.69, 9.17) is 19.3 Å². The summed E-state index contributed by atoms with van der Waals surface area (Å²) in [5.41, 5.74) is 0. The number of fused-ring (bicyclic) bond motifs is 1. The van der Waals surface area contributed by atoms with E-state index in [1.54, 1.807) is 6.92 Å². The van der Waals surface area contributed by atoms with Crippen LogP contribution < -0.4 is 0 Å². The number of ether oxygens (including phenoxy) is 3. The van der Waals surface area contributed by atoms with Crippen LogP contribution in [0.1, 0.15) is 26.7 Å². The number of rotatable bonds is 2. The number of hydrogen-bond donors (Lipinski definition) is 2. The highest BCUT2D eigenvalue weighted by atomic mass is 16.6. The predicted molar refractivity (Wildman–Crippen MR) is 70.6 cm³/mol. The van der Waals surface area contributed by atoms with E-state index in [-0.39, 0.29) is 43.2 Å². The lowest BCUT2D eigenvalue weighted by atomic mass is 9.96. The van der Waals surface area contributed by atoms with Crippen LogP contribution in [-0.4, -0.2) is 59.8 Å². The largest absolute Gasteiger partial charge is 0.481 e. The zero-order valence-electron chi connectivity index (χ0n) is 12.2. The summed E-state index contributed by atoms with van der Waals surface area (Å²) in [5.74, 6) is -0.864. The minimum atomic E-state index is -0.883. The SMILES string of the molecule is CC1OC[C@@H]2OC(=O)C[C@H]12.CC1OC[C@H](O)[C@H]1CC(=O)O. The Labute approximate surface area is 123 Å². The zero-order valence-corrected chi connectivity index (χ0v) is 12.2. The topological polar surface area (TPSA) is 102 Å². The van der Waals surface area contributed by atoms with Crippen LogP contribution in [0.2, 0.25) is 0 Å². The van der Waals surface area contributed by atoms with Crippen molar-refractivity contribution in [1.82, 2.24) is 0 Å². The van der Waals surface area contributed by atoms with Crippen molar-refractivity contribution in [3.63, 3.8) is 0 Å². The molecule has 7 heteroatoms. The Bertz CT molecular complexity index is 387. The Morgan fingerprint density at radius 1 is 1.24 bits per heavy atom. The van der Waals surface area contributed by atoms with Gasteiger partial charge < -0.3 is 24.4 Å². The molecule has 2 N–H and O–H groups in total. The minimum Gasteiger partial charge on any atom is -0.481 e. The van der Waals surface area contributed by atoms with Gasteiger partial charge in [-0.15, -0.1) is 0 Å². The van der Waals surface area contributed by atoms with Crippen molar-refractivity contribution in [3.05, 3.63) is 0 Å². The fourth-order valence-corrected chi connectivity index (χ4v) is 2.94. The molecule has 21 heavy (non-hydrogen) atoms. The number of carbonyl (C=O) groups excluding carboxylic acids is 1. The van der Waals surface area contributed by atoms with Crippen LogP contribution in [-0.2, 0) is 23.8 Å². The molecule has 0 aromatic carbocycles. The highest BCUT2D eigenvalue weighted by molar-refractivity contribution is 5.72. The molecule has 7 nitrogen and oxygen atoms in total. The second-order valence-corrected chi connectivity index (χ2v) is 5.80. The van der Waals surface area contributed by atoms with E-state index >= 15 is 0 Å². The van der Waals surface area contributed by atoms with Gasteiger partial charge in [-0.05, 0) is 13.8 Å². The van der Waals surface area contributed by atoms with Gasteiger partial charge in [-0.25, -0.2) is 0 Å². The van der Waals surface area contributed by atoms with Crippen molar-refractivity contribution in [2.24, 2.45) is 11.8 Å². The van der Waals surface area contributed by atoms with Gasteiger partial charge in [-0.1, -0.05) is 0 Å². The average molecular weight is 302 g/mol. The van der Waals surface area contributed by atoms with E-state index in [2.05, 4.69) is 0 Å². The van der Waals surface area contributed by atoms with Crippen LogP contribution in [0.3, 0.4) is 0 Å². The summed E-state index contributed by atoms with van der Waals surface area (Å²) >= 11 is 0. The fraction of sp³-hybridized carbons (Fsp3) is 0.857. The van der Waals surface area contributed by atoms with Gasteiger partial charge in [0.15, 0.2) is 0 Å². The summed E-state index contributed by atoms with van der Waals surface area (Å²) in [5, 5.41) is 17.7. The van der Waals surface area contributed by atoms with Gasteiger partial charge in [-0.3, -0.25) is 9.59 Å². The molecule has 0 aromatic heterocycles. The van der Waals surface area contributed by atoms with Crippen LogP contribution >= 0.6 is 0 Å². The summed E-state index contributed by atoms with van der Waals surface area (Å²) in [6, 6.07) is 0. The standard InChI is InChI=1S/C7H12O4.C7H10O3/c1-4-5(2-7(9)10)6(8)3-11-4;1-4-5-2-7(8)10-6(5)3-9-4/h4-6,8H,2-3H2,1H3,(H,9,10);4-6H,2-3H2,1H3/t4?,5-,6-;4?,5-,6+/m01/s1. The molecule has 0 aromatic rings. The summed E-state index contributed by atoms with van der Waals surface area (Å²) in [4.78, 5) is 21.0. The van der Waals surface area contributed by atoms with E-state index in [0.29, 0.717) is 18.9 Å². The monoisotopic (exact) mass is 302 g/mol. The number of carboxylic acid groups (broad SMARTS) is 1. The van der Waals surface area contributed by atoms with Gasteiger partial charge in [0.1, 0.15) is 6.10 Å². The normalized spacial score (nSPS) is 41.2. The van der Waals surface area contributed by atoms with Crippen LogP contribution in [0.25, 0.3) is 0 Å². The average Bonchev–Trinajstić information content (AvgIpc) is 3.03. The van der Waals surface area contributed by atoms with E-state index in [0.717, 1.165) is 0 Å². The number of aliphatic carboxylic acids is 1. The molecular formula is C14H22O7. The van der Waals surface area contributed by atoms with Crippen LogP contribution in [0.4, 0.5) is 0 Å². The Hall–Kier alpha value is -1.18.